The Kier molecular flexibility index (Phi) is 1.99. The zero-order valence-electron chi connectivity index (χ0n) is 9.27. The van der Waals surface area contributed by atoms with E-state index in [1.807, 2.05) is 30.5 Å². The van der Waals surface area contributed by atoms with Gasteiger partial charge in [-0.15, -0.1) is 0 Å². The average molecular weight is 213 g/mol. The van der Waals surface area contributed by atoms with Crippen LogP contribution in [0.1, 0.15) is 13.3 Å². The maximum absolute atomic E-state index is 5.93. The van der Waals surface area contributed by atoms with E-state index in [4.69, 9.17) is 5.73 Å². The highest BCUT2D eigenvalue weighted by Crippen LogP contribution is 2.35. The molecule has 3 heteroatoms. The molecule has 82 valence electrons. The number of nitrogen functional groups attached to an aromatic ring is 1. The summed E-state index contributed by atoms with van der Waals surface area (Å²) in [7, 11) is 0. The van der Waals surface area contributed by atoms with Gasteiger partial charge < -0.3 is 11.1 Å². The summed E-state index contributed by atoms with van der Waals surface area (Å²) in [6.07, 6.45) is 3.06. The van der Waals surface area contributed by atoms with Crippen LogP contribution in [0.5, 0.6) is 0 Å². The number of rotatable bonds is 2. The first-order valence-corrected chi connectivity index (χ1v) is 5.65. The van der Waals surface area contributed by atoms with Crippen molar-refractivity contribution >= 4 is 22.3 Å². The quantitative estimate of drug-likeness (QED) is 0.754. The number of pyridine rings is 1. The summed E-state index contributed by atoms with van der Waals surface area (Å²) in [6, 6.07) is 8.50. The van der Waals surface area contributed by atoms with Crippen molar-refractivity contribution in [1.82, 2.24) is 4.98 Å². The second-order valence-electron chi connectivity index (χ2n) is 4.57. The van der Waals surface area contributed by atoms with Crippen molar-refractivity contribution in [3.8, 4) is 0 Å². The van der Waals surface area contributed by atoms with Crippen molar-refractivity contribution in [3.05, 3.63) is 30.5 Å². The Balaban J connectivity index is 2.07. The maximum atomic E-state index is 5.93. The topological polar surface area (TPSA) is 50.9 Å². The molecule has 1 aliphatic carbocycles. The van der Waals surface area contributed by atoms with Crippen molar-refractivity contribution in [1.29, 1.82) is 0 Å². The van der Waals surface area contributed by atoms with Gasteiger partial charge in [0.15, 0.2) is 0 Å². The Hall–Kier alpha value is -1.77. The minimum Gasteiger partial charge on any atom is -0.398 e. The smallest absolute Gasteiger partial charge is 0.0953 e. The lowest BCUT2D eigenvalue weighted by molar-refractivity contribution is 0.930. The standard InChI is InChI=1S/C13H15N3/c1-8-7-12(8)16-11-5-4-10(14)9-3-2-6-15-13(9)11/h2-6,8,12,16H,7,14H2,1H3. The summed E-state index contributed by atoms with van der Waals surface area (Å²) in [5, 5.41) is 4.55. The summed E-state index contributed by atoms with van der Waals surface area (Å²) >= 11 is 0. The van der Waals surface area contributed by atoms with Gasteiger partial charge in [0.1, 0.15) is 0 Å². The molecular weight excluding hydrogens is 198 g/mol. The molecule has 3 rings (SSSR count). The third-order valence-electron chi connectivity index (χ3n) is 3.25. The van der Waals surface area contributed by atoms with Gasteiger partial charge >= 0.3 is 0 Å². The zero-order chi connectivity index (χ0) is 11.1. The minimum absolute atomic E-state index is 0.605. The van der Waals surface area contributed by atoms with Gasteiger partial charge in [0.25, 0.3) is 0 Å². The van der Waals surface area contributed by atoms with Crippen LogP contribution in [-0.2, 0) is 0 Å². The zero-order valence-corrected chi connectivity index (χ0v) is 9.27. The normalized spacial score (nSPS) is 23.3. The Bertz CT molecular complexity index is 536. The summed E-state index contributed by atoms with van der Waals surface area (Å²) in [4.78, 5) is 4.41. The van der Waals surface area contributed by atoms with Crippen LogP contribution in [-0.4, -0.2) is 11.0 Å². The second kappa shape index (κ2) is 3.37. The van der Waals surface area contributed by atoms with Crippen molar-refractivity contribution in [2.75, 3.05) is 11.1 Å². The number of hydrogen-bond acceptors (Lipinski definition) is 3. The lowest BCUT2D eigenvalue weighted by Crippen LogP contribution is -2.04. The van der Waals surface area contributed by atoms with E-state index >= 15 is 0 Å². The number of nitrogens with zero attached hydrogens (tertiary/aromatic N) is 1. The van der Waals surface area contributed by atoms with E-state index in [0.29, 0.717) is 6.04 Å². The number of benzene rings is 1. The number of anilines is 2. The fourth-order valence-electron chi connectivity index (χ4n) is 2.03. The lowest BCUT2D eigenvalue weighted by Gasteiger charge is -2.09. The molecule has 1 heterocycles. The van der Waals surface area contributed by atoms with Crippen LogP contribution in [0.2, 0.25) is 0 Å². The highest BCUT2D eigenvalue weighted by molar-refractivity contribution is 5.98. The van der Waals surface area contributed by atoms with E-state index in [1.54, 1.807) is 0 Å². The number of hydrogen-bond donors (Lipinski definition) is 2. The van der Waals surface area contributed by atoms with Gasteiger partial charge in [-0.25, -0.2) is 0 Å². The van der Waals surface area contributed by atoms with Gasteiger partial charge in [0, 0.05) is 23.3 Å². The van der Waals surface area contributed by atoms with Gasteiger partial charge in [-0.1, -0.05) is 6.92 Å². The van der Waals surface area contributed by atoms with Crippen molar-refractivity contribution < 1.29 is 0 Å². The molecule has 0 saturated heterocycles. The van der Waals surface area contributed by atoms with Gasteiger partial charge in [-0.2, -0.15) is 0 Å². The van der Waals surface area contributed by atoms with Crippen molar-refractivity contribution in [2.24, 2.45) is 5.92 Å². The summed E-state index contributed by atoms with van der Waals surface area (Å²) in [5.74, 6) is 0.774. The number of nitrogens with one attached hydrogen (secondary N) is 1. The second-order valence-corrected chi connectivity index (χ2v) is 4.57. The highest BCUT2D eigenvalue weighted by Gasteiger charge is 2.32. The Morgan fingerprint density at radius 3 is 2.94 bits per heavy atom. The van der Waals surface area contributed by atoms with Crippen LogP contribution in [0.4, 0.5) is 11.4 Å². The van der Waals surface area contributed by atoms with Crippen LogP contribution >= 0.6 is 0 Å². The molecular formula is C13H15N3. The number of aromatic nitrogens is 1. The third-order valence-corrected chi connectivity index (χ3v) is 3.25. The maximum Gasteiger partial charge on any atom is 0.0953 e. The van der Waals surface area contributed by atoms with Crippen LogP contribution in [0.3, 0.4) is 0 Å². The molecule has 0 bridgehead atoms. The molecule has 3 N–H and O–H groups in total. The van der Waals surface area contributed by atoms with Crippen LogP contribution in [0, 0.1) is 5.92 Å². The van der Waals surface area contributed by atoms with Crippen molar-refractivity contribution in [3.63, 3.8) is 0 Å². The molecule has 0 spiro atoms. The monoisotopic (exact) mass is 213 g/mol. The van der Waals surface area contributed by atoms with Gasteiger partial charge in [-0.3, -0.25) is 4.98 Å². The lowest BCUT2D eigenvalue weighted by atomic mass is 10.1. The van der Waals surface area contributed by atoms with Gasteiger partial charge in [-0.05, 0) is 36.6 Å². The SMILES string of the molecule is CC1CC1Nc1ccc(N)c2cccnc12. The first-order chi connectivity index (χ1) is 7.75. The summed E-state index contributed by atoms with van der Waals surface area (Å²) in [5.41, 5.74) is 8.79. The third kappa shape index (κ3) is 1.48. The molecule has 2 atom stereocenters. The number of fused-ring (bicyclic) bond motifs is 1. The summed E-state index contributed by atoms with van der Waals surface area (Å²) < 4.78 is 0. The molecule has 1 aromatic carbocycles. The molecule has 3 nitrogen and oxygen atoms in total. The van der Waals surface area contributed by atoms with Gasteiger partial charge in [0.05, 0.1) is 11.2 Å². The molecule has 0 radical (unpaired) electrons. The van der Waals surface area contributed by atoms with Crippen LogP contribution < -0.4 is 11.1 Å². The van der Waals surface area contributed by atoms with E-state index in [9.17, 15) is 0 Å². The Morgan fingerprint density at radius 2 is 2.19 bits per heavy atom. The Labute approximate surface area is 94.7 Å². The first kappa shape index (κ1) is 9.46. The first-order valence-electron chi connectivity index (χ1n) is 5.65. The fraction of sp³-hybridized carbons (Fsp3) is 0.308. The Morgan fingerprint density at radius 1 is 1.38 bits per heavy atom. The van der Waals surface area contributed by atoms with Gasteiger partial charge in [0.2, 0.25) is 0 Å². The predicted molar refractivity (Wildman–Crippen MR) is 67.3 cm³/mol. The number of nitrogens with two attached hydrogens (primary N) is 1. The molecule has 2 unspecified atom stereocenters. The van der Waals surface area contributed by atoms with E-state index in [2.05, 4.69) is 17.2 Å². The molecule has 1 saturated carbocycles. The highest BCUT2D eigenvalue weighted by atomic mass is 15.0. The fourth-order valence-corrected chi connectivity index (χ4v) is 2.03. The average Bonchev–Trinajstić information content (AvgIpc) is 2.99. The van der Waals surface area contributed by atoms with Crippen LogP contribution in [0.15, 0.2) is 30.5 Å². The molecule has 1 aromatic heterocycles. The van der Waals surface area contributed by atoms with Crippen LogP contribution in [0.25, 0.3) is 10.9 Å². The molecule has 16 heavy (non-hydrogen) atoms. The molecule has 2 aromatic rings. The van der Waals surface area contributed by atoms with E-state index in [1.165, 1.54) is 6.42 Å². The largest absolute Gasteiger partial charge is 0.398 e. The molecule has 0 amide bonds. The molecule has 1 aliphatic rings. The summed E-state index contributed by atoms with van der Waals surface area (Å²) in [6.45, 7) is 2.25. The van der Waals surface area contributed by atoms with E-state index in [0.717, 1.165) is 28.2 Å². The van der Waals surface area contributed by atoms with E-state index < -0.39 is 0 Å². The molecule has 0 aliphatic heterocycles. The molecule has 1 fully saturated rings. The van der Waals surface area contributed by atoms with E-state index in [-0.39, 0.29) is 0 Å². The minimum atomic E-state index is 0.605. The predicted octanol–water partition coefficient (Wildman–Crippen LogP) is 2.64. The van der Waals surface area contributed by atoms with Crippen molar-refractivity contribution in [2.45, 2.75) is 19.4 Å².